The topological polar surface area (TPSA) is 26.3 Å². The van der Waals surface area contributed by atoms with Gasteiger partial charge in [-0.1, -0.05) is 72.6 Å². The zero-order valence-corrected chi connectivity index (χ0v) is 13.5. The number of hydrogen-bond donors (Lipinski definition) is 0. The van der Waals surface area contributed by atoms with Crippen LogP contribution in [0.2, 0.25) is 0 Å². The van der Waals surface area contributed by atoms with E-state index in [2.05, 4.69) is 13.8 Å². The molecule has 114 valence electrons. The molecule has 2 heteroatoms. The first-order chi connectivity index (χ1) is 9.11. The van der Waals surface area contributed by atoms with E-state index < -0.39 is 0 Å². The number of unbranched alkanes of at least 4 members (excludes halogenated alkanes) is 5. The van der Waals surface area contributed by atoms with Crippen LogP contribution in [0.3, 0.4) is 0 Å². The summed E-state index contributed by atoms with van der Waals surface area (Å²) >= 11 is 0. The Kier molecular flexibility index (Phi) is 12.2. The van der Waals surface area contributed by atoms with E-state index in [9.17, 15) is 4.79 Å². The van der Waals surface area contributed by atoms with Gasteiger partial charge in [0.05, 0.1) is 12.5 Å². The molecule has 1 atom stereocenters. The molecule has 0 rings (SSSR count). The number of hydrogen-bond acceptors (Lipinski definition) is 2. The Labute approximate surface area is 120 Å². The summed E-state index contributed by atoms with van der Waals surface area (Å²) in [5.74, 6) is 0.513. The SMILES string of the molecule is CCCCCCCCC(CCC)COC(=O)C(C)C. The monoisotopic (exact) mass is 270 g/mol. The van der Waals surface area contributed by atoms with Gasteiger partial charge < -0.3 is 4.74 Å². The van der Waals surface area contributed by atoms with Crippen molar-refractivity contribution in [3.8, 4) is 0 Å². The van der Waals surface area contributed by atoms with E-state index in [0.29, 0.717) is 12.5 Å². The van der Waals surface area contributed by atoms with Crippen molar-refractivity contribution in [2.45, 2.75) is 85.5 Å². The highest BCUT2D eigenvalue weighted by Gasteiger charge is 2.13. The van der Waals surface area contributed by atoms with Gasteiger partial charge in [-0.15, -0.1) is 0 Å². The summed E-state index contributed by atoms with van der Waals surface area (Å²) in [6.45, 7) is 8.87. The predicted molar refractivity (Wildman–Crippen MR) is 82.2 cm³/mol. The lowest BCUT2D eigenvalue weighted by Crippen LogP contribution is -2.17. The van der Waals surface area contributed by atoms with Crippen molar-refractivity contribution < 1.29 is 9.53 Å². The van der Waals surface area contributed by atoms with Gasteiger partial charge in [-0.05, 0) is 18.8 Å². The maximum Gasteiger partial charge on any atom is 0.308 e. The Morgan fingerprint density at radius 2 is 1.53 bits per heavy atom. The van der Waals surface area contributed by atoms with Crippen LogP contribution in [-0.4, -0.2) is 12.6 Å². The van der Waals surface area contributed by atoms with E-state index >= 15 is 0 Å². The van der Waals surface area contributed by atoms with E-state index in [1.807, 2.05) is 13.8 Å². The Morgan fingerprint density at radius 1 is 0.895 bits per heavy atom. The molecule has 0 aromatic carbocycles. The van der Waals surface area contributed by atoms with Gasteiger partial charge in [-0.2, -0.15) is 0 Å². The van der Waals surface area contributed by atoms with E-state index in [4.69, 9.17) is 4.74 Å². The van der Waals surface area contributed by atoms with Crippen LogP contribution in [-0.2, 0) is 9.53 Å². The zero-order valence-electron chi connectivity index (χ0n) is 13.5. The average molecular weight is 270 g/mol. The molecule has 0 radical (unpaired) electrons. The van der Waals surface area contributed by atoms with Crippen LogP contribution >= 0.6 is 0 Å². The van der Waals surface area contributed by atoms with Gasteiger partial charge in [0.15, 0.2) is 0 Å². The number of carbonyl (C=O) groups is 1. The largest absolute Gasteiger partial charge is 0.465 e. The smallest absolute Gasteiger partial charge is 0.308 e. The fourth-order valence-electron chi connectivity index (χ4n) is 2.30. The second-order valence-corrected chi connectivity index (χ2v) is 6.00. The highest BCUT2D eigenvalue weighted by molar-refractivity contribution is 5.71. The summed E-state index contributed by atoms with van der Waals surface area (Å²) in [7, 11) is 0. The summed E-state index contributed by atoms with van der Waals surface area (Å²) in [6, 6.07) is 0. The number of esters is 1. The molecule has 0 aromatic rings. The van der Waals surface area contributed by atoms with Gasteiger partial charge in [0.1, 0.15) is 0 Å². The molecule has 0 fully saturated rings. The average Bonchev–Trinajstić information content (AvgIpc) is 2.39. The van der Waals surface area contributed by atoms with Crippen molar-refractivity contribution in [2.24, 2.45) is 11.8 Å². The molecular weight excluding hydrogens is 236 g/mol. The fourth-order valence-corrected chi connectivity index (χ4v) is 2.30. The third kappa shape index (κ3) is 11.0. The van der Waals surface area contributed by atoms with Crippen LogP contribution < -0.4 is 0 Å². The Bertz CT molecular complexity index is 211. The zero-order chi connectivity index (χ0) is 14.5. The maximum absolute atomic E-state index is 11.5. The molecule has 0 aromatic heterocycles. The molecular formula is C17H34O2. The third-order valence-corrected chi connectivity index (χ3v) is 3.60. The normalized spacial score (nSPS) is 12.7. The van der Waals surface area contributed by atoms with Crippen LogP contribution in [0.4, 0.5) is 0 Å². The standard InChI is InChI=1S/C17H34O2/c1-5-7-8-9-10-11-13-16(12-6-2)14-19-17(18)15(3)4/h15-16H,5-14H2,1-4H3. The Morgan fingerprint density at radius 3 is 2.11 bits per heavy atom. The van der Waals surface area contributed by atoms with E-state index in [1.54, 1.807) is 0 Å². The summed E-state index contributed by atoms with van der Waals surface area (Å²) in [5.41, 5.74) is 0. The maximum atomic E-state index is 11.5. The van der Waals surface area contributed by atoms with E-state index in [0.717, 1.165) is 0 Å². The van der Waals surface area contributed by atoms with Crippen molar-refractivity contribution in [3.05, 3.63) is 0 Å². The van der Waals surface area contributed by atoms with Gasteiger partial charge in [0, 0.05) is 0 Å². The molecule has 0 saturated heterocycles. The molecule has 2 nitrogen and oxygen atoms in total. The number of rotatable bonds is 12. The summed E-state index contributed by atoms with van der Waals surface area (Å²) in [5, 5.41) is 0. The number of ether oxygens (including phenoxy) is 1. The van der Waals surface area contributed by atoms with Crippen molar-refractivity contribution in [3.63, 3.8) is 0 Å². The first-order valence-electron chi connectivity index (χ1n) is 8.28. The van der Waals surface area contributed by atoms with E-state index in [1.165, 1.54) is 57.8 Å². The molecule has 0 heterocycles. The van der Waals surface area contributed by atoms with Gasteiger partial charge in [0.2, 0.25) is 0 Å². The predicted octanol–water partition coefficient (Wildman–Crippen LogP) is 5.35. The van der Waals surface area contributed by atoms with Crippen LogP contribution in [0.25, 0.3) is 0 Å². The van der Waals surface area contributed by atoms with Crippen LogP contribution in [0.1, 0.15) is 85.5 Å². The van der Waals surface area contributed by atoms with Gasteiger partial charge in [-0.3, -0.25) is 4.79 Å². The minimum absolute atomic E-state index is 0.00341. The third-order valence-electron chi connectivity index (χ3n) is 3.60. The minimum atomic E-state index is -0.0518. The lowest BCUT2D eigenvalue weighted by atomic mass is 9.96. The molecule has 0 aliphatic rings. The quantitative estimate of drug-likeness (QED) is 0.353. The summed E-state index contributed by atoms with van der Waals surface area (Å²) in [4.78, 5) is 11.5. The summed E-state index contributed by atoms with van der Waals surface area (Å²) < 4.78 is 5.37. The molecule has 0 saturated carbocycles. The van der Waals surface area contributed by atoms with E-state index in [-0.39, 0.29) is 11.9 Å². The number of carbonyl (C=O) groups excluding carboxylic acids is 1. The first-order valence-corrected chi connectivity index (χ1v) is 8.28. The van der Waals surface area contributed by atoms with Crippen molar-refractivity contribution in [1.29, 1.82) is 0 Å². The molecule has 0 aliphatic heterocycles. The first kappa shape index (κ1) is 18.5. The Hall–Kier alpha value is -0.530. The van der Waals surface area contributed by atoms with Crippen LogP contribution in [0.15, 0.2) is 0 Å². The summed E-state index contributed by atoms with van der Waals surface area (Å²) in [6.07, 6.45) is 11.6. The van der Waals surface area contributed by atoms with Gasteiger partial charge in [-0.25, -0.2) is 0 Å². The molecule has 0 N–H and O–H groups in total. The van der Waals surface area contributed by atoms with Crippen molar-refractivity contribution in [1.82, 2.24) is 0 Å². The van der Waals surface area contributed by atoms with Crippen LogP contribution in [0, 0.1) is 11.8 Å². The molecule has 0 spiro atoms. The Balaban J connectivity index is 3.70. The molecule has 0 amide bonds. The molecule has 0 bridgehead atoms. The fraction of sp³-hybridized carbons (Fsp3) is 0.941. The van der Waals surface area contributed by atoms with Crippen molar-refractivity contribution >= 4 is 5.97 Å². The van der Waals surface area contributed by atoms with Crippen molar-refractivity contribution in [2.75, 3.05) is 6.61 Å². The molecule has 0 aliphatic carbocycles. The molecule has 1 unspecified atom stereocenters. The van der Waals surface area contributed by atoms with Crippen LogP contribution in [0.5, 0.6) is 0 Å². The lowest BCUT2D eigenvalue weighted by Gasteiger charge is -2.17. The lowest BCUT2D eigenvalue weighted by molar-refractivity contribution is -0.148. The second kappa shape index (κ2) is 12.5. The molecule has 19 heavy (non-hydrogen) atoms. The van der Waals surface area contributed by atoms with Gasteiger partial charge >= 0.3 is 5.97 Å². The second-order valence-electron chi connectivity index (χ2n) is 6.00. The highest BCUT2D eigenvalue weighted by atomic mass is 16.5. The van der Waals surface area contributed by atoms with Gasteiger partial charge in [0.25, 0.3) is 0 Å². The minimum Gasteiger partial charge on any atom is -0.465 e. The highest BCUT2D eigenvalue weighted by Crippen LogP contribution is 2.17.